The Hall–Kier alpha value is -0.770. The minimum Gasteiger partial charge on any atom is -0.444 e. The average Bonchev–Trinajstić information content (AvgIpc) is 1.96. The summed E-state index contributed by atoms with van der Waals surface area (Å²) in [7, 11) is 0. The second kappa shape index (κ2) is 3.67. The second-order valence-corrected chi connectivity index (χ2v) is 5.76. The van der Waals surface area contributed by atoms with Crippen LogP contribution in [0.5, 0.6) is 0 Å². The molecule has 1 fully saturated rings. The van der Waals surface area contributed by atoms with E-state index in [9.17, 15) is 4.79 Å². The minimum absolute atomic E-state index is 0.119. The Morgan fingerprint density at radius 3 is 2.40 bits per heavy atom. The van der Waals surface area contributed by atoms with Gasteiger partial charge in [0.1, 0.15) is 5.60 Å². The van der Waals surface area contributed by atoms with Gasteiger partial charge in [0.05, 0.1) is 6.04 Å². The molecule has 0 aromatic heterocycles. The quantitative estimate of drug-likeness (QED) is 0.723. The molecule has 0 spiro atoms. The van der Waals surface area contributed by atoms with Crippen molar-refractivity contribution in [2.24, 2.45) is 5.73 Å². The van der Waals surface area contributed by atoms with Crippen molar-refractivity contribution < 1.29 is 9.53 Å². The first-order valence-electron chi connectivity index (χ1n) is 5.40. The Labute approximate surface area is 91.8 Å². The molecule has 1 aliphatic rings. The number of hydrogen-bond donors (Lipinski definition) is 1. The summed E-state index contributed by atoms with van der Waals surface area (Å²) in [4.78, 5) is 13.6. The summed E-state index contributed by atoms with van der Waals surface area (Å²) in [5, 5.41) is 0. The first kappa shape index (κ1) is 12.3. The lowest BCUT2D eigenvalue weighted by Crippen LogP contribution is -2.67. The van der Waals surface area contributed by atoms with Crippen molar-refractivity contribution in [1.82, 2.24) is 4.90 Å². The summed E-state index contributed by atoms with van der Waals surface area (Å²) in [5.41, 5.74) is 5.04. The number of rotatable bonds is 1. The number of hydrogen-bond acceptors (Lipinski definition) is 3. The molecule has 0 aromatic carbocycles. The van der Waals surface area contributed by atoms with Crippen LogP contribution in [0, 0.1) is 0 Å². The molecule has 0 aliphatic carbocycles. The minimum atomic E-state index is -0.443. The van der Waals surface area contributed by atoms with E-state index in [-0.39, 0.29) is 17.7 Å². The Balaban J connectivity index is 2.65. The van der Waals surface area contributed by atoms with E-state index >= 15 is 0 Å². The lowest BCUT2D eigenvalue weighted by Gasteiger charge is -2.54. The van der Waals surface area contributed by atoms with Crippen LogP contribution in [0.4, 0.5) is 4.79 Å². The SMILES string of the molecule is CC(C)(C)OC(=O)N1C(CN)CC1(C)C. The third kappa shape index (κ3) is 2.62. The average molecular weight is 214 g/mol. The Kier molecular flexibility index (Phi) is 3.01. The zero-order chi connectivity index (χ0) is 11.9. The predicted molar refractivity (Wildman–Crippen MR) is 59.6 cm³/mol. The van der Waals surface area contributed by atoms with Gasteiger partial charge in [0.25, 0.3) is 0 Å². The van der Waals surface area contributed by atoms with Crippen molar-refractivity contribution in [2.45, 2.75) is 58.2 Å². The van der Waals surface area contributed by atoms with Gasteiger partial charge in [-0.05, 0) is 41.0 Å². The lowest BCUT2D eigenvalue weighted by molar-refractivity contribution is -0.0620. The van der Waals surface area contributed by atoms with Crippen molar-refractivity contribution in [3.8, 4) is 0 Å². The molecule has 2 N–H and O–H groups in total. The monoisotopic (exact) mass is 214 g/mol. The van der Waals surface area contributed by atoms with Crippen LogP contribution >= 0.6 is 0 Å². The van der Waals surface area contributed by atoms with E-state index in [2.05, 4.69) is 0 Å². The molecule has 0 saturated carbocycles. The van der Waals surface area contributed by atoms with Crippen molar-refractivity contribution >= 4 is 6.09 Å². The summed E-state index contributed by atoms with van der Waals surface area (Å²) >= 11 is 0. The van der Waals surface area contributed by atoms with Crippen molar-refractivity contribution in [2.75, 3.05) is 6.54 Å². The highest BCUT2D eigenvalue weighted by Crippen LogP contribution is 2.36. The molecule has 1 heterocycles. The van der Waals surface area contributed by atoms with E-state index in [0.29, 0.717) is 6.54 Å². The van der Waals surface area contributed by atoms with Crippen LogP contribution in [-0.4, -0.2) is 34.7 Å². The highest BCUT2D eigenvalue weighted by molar-refractivity contribution is 5.71. The molecular weight excluding hydrogens is 192 g/mol. The van der Waals surface area contributed by atoms with Crippen LogP contribution in [0.15, 0.2) is 0 Å². The van der Waals surface area contributed by atoms with Crippen LogP contribution in [0.2, 0.25) is 0 Å². The van der Waals surface area contributed by atoms with Crippen LogP contribution in [0.1, 0.15) is 41.0 Å². The highest BCUT2D eigenvalue weighted by atomic mass is 16.6. The molecule has 1 amide bonds. The van der Waals surface area contributed by atoms with E-state index < -0.39 is 5.60 Å². The Bertz CT molecular complexity index is 256. The van der Waals surface area contributed by atoms with Gasteiger partial charge in [0.15, 0.2) is 0 Å². The summed E-state index contributed by atoms with van der Waals surface area (Å²) < 4.78 is 5.34. The zero-order valence-electron chi connectivity index (χ0n) is 10.3. The van der Waals surface area contributed by atoms with Crippen molar-refractivity contribution in [3.63, 3.8) is 0 Å². The third-order valence-electron chi connectivity index (χ3n) is 2.61. The second-order valence-electron chi connectivity index (χ2n) is 5.76. The van der Waals surface area contributed by atoms with Crippen molar-refractivity contribution in [3.05, 3.63) is 0 Å². The molecule has 0 aromatic rings. The van der Waals surface area contributed by atoms with Gasteiger partial charge in [0, 0.05) is 12.1 Å². The van der Waals surface area contributed by atoms with Gasteiger partial charge in [-0.3, -0.25) is 4.90 Å². The van der Waals surface area contributed by atoms with E-state index in [0.717, 1.165) is 6.42 Å². The fourth-order valence-corrected chi connectivity index (χ4v) is 2.04. The molecule has 1 atom stereocenters. The summed E-state index contributed by atoms with van der Waals surface area (Å²) in [5.74, 6) is 0. The smallest absolute Gasteiger partial charge is 0.411 e. The molecule has 1 rings (SSSR count). The van der Waals surface area contributed by atoms with Crippen LogP contribution < -0.4 is 5.73 Å². The molecule has 1 aliphatic heterocycles. The largest absolute Gasteiger partial charge is 0.444 e. The number of ether oxygens (including phenoxy) is 1. The van der Waals surface area contributed by atoms with Gasteiger partial charge in [-0.25, -0.2) is 4.79 Å². The van der Waals surface area contributed by atoms with Crippen LogP contribution in [0.3, 0.4) is 0 Å². The van der Waals surface area contributed by atoms with Gasteiger partial charge in [-0.2, -0.15) is 0 Å². The van der Waals surface area contributed by atoms with Gasteiger partial charge in [-0.1, -0.05) is 0 Å². The van der Waals surface area contributed by atoms with Crippen LogP contribution in [-0.2, 0) is 4.74 Å². The molecule has 0 radical (unpaired) electrons. The van der Waals surface area contributed by atoms with E-state index in [1.807, 2.05) is 34.6 Å². The molecule has 15 heavy (non-hydrogen) atoms. The van der Waals surface area contributed by atoms with Gasteiger partial charge < -0.3 is 10.5 Å². The fourth-order valence-electron chi connectivity index (χ4n) is 2.04. The standard InChI is InChI=1S/C11H22N2O2/c1-10(2,3)15-9(14)13-8(7-12)6-11(13,4)5/h8H,6-7,12H2,1-5H3. The molecule has 0 bridgehead atoms. The number of likely N-dealkylation sites (tertiary alicyclic amines) is 1. The zero-order valence-corrected chi connectivity index (χ0v) is 10.3. The Morgan fingerprint density at radius 1 is 1.53 bits per heavy atom. The van der Waals surface area contributed by atoms with Crippen molar-refractivity contribution in [1.29, 1.82) is 0 Å². The predicted octanol–water partition coefficient (Wildman–Crippen LogP) is 1.73. The molecule has 88 valence electrons. The number of amides is 1. The van der Waals surface area contributed by atoms with E-state index in [1.165, 1.54) is 0 Å². The lowest BCUT2D eigenvalue weighted by atomic mass is 9.82. The van der Waals surface area contributed by atoms with E-state index in [1.54, 1.807) is 4.90 Å². The van der Waals surface area contributed by atoms with Crippen LogP contribution in [0.25, 0.3) is 0 Å². The maximum atomic E-state index is 11.9. The summed E-state index contributed by atoms with van der Waals surface area (Å²) in [6.07, 6.45) is 0.692. The fraction of sp³-hybridized carbons (Fsp3) is 0.909. The first-order chi connectivity index (χ1) is 6.67. The van der Waals surface area contributed by atoms with Gasteiger partial charge in [0.2, 0.25) is 0 Å². The summed E-state index contributed by atoms with van der Waals surface area (Å²) in [6, 6.07) is 0.134. The number of carbonyl (C=O) groups is 1. The number of nitrogens with zero attached hydrogens (tertiary/aromatic N) is 1. The van der Waals surface area contributed by atoms with E-state index in [4.69, 9.17) is 10.5 Å². The Morgan fingerprint density at radius 2 is 2.07 bits per heavy atom. The van der Waals surface area contributed by atoms with Gasteiger partial charge in [-0.15, -0.1) is 0 Å². The molecule has 4 nitrogen and oxygen atoms in total. The third-order valence-corrected chi connectivity index (χ3v) is 2.61. The summed E-state index contributed by atoms with van der Waals surface area (Å²) in [6.45, 7) is 10.2. The number of carbonyl (C=O) groups excluding carboxylic acids is 1. The normalized spacial score (nSPS) is 24.7. The first-order valence-corrected chi connectivity index (χ1v) is 5.40. The van der Waals surface area contributed by atoms with Gasteiger partial charge >= 0.3 is 6.09 Å². The topological polar surface area (TPSA) is 55.6 Å². The number of nitrogens with two attached hydrogens (primary N) is 1. The molecule has 1 saturated heterocycles. The maximum Gasteiger partial charge on any atom is 0.411 e. The molecule has 4 heteroatoms. The molecule has 1 unspecified atom stereocenters. The molecular formula is C11H22N2O2. The maximum absolute atomic E-state index is 11.9. The highest BCUT2D eigenvalue weighted by Gasteiger charge is 2.48.